The Balaban J connectivity index is 1.53. The van der Waals surface area contributed by atoms with E-state index < -0.39 is 0 Å². The van der Waals surface area contributed by atoms with E-state index in [1.165, 1.54) is 5.56 Å². The van der Waals surface area contributed by atoms with Crippen LogP contribution >= 0.6 is 0 Å². The minimum Gasteiger partial charge on any atom is -0.367 e. The van der Waals surface area contributed by atoms with Gasteiger partial charge in [0.05, 0.1) is 11.4 Å². The Morgan fingerprint density at radius 1 is 0.962 bits per heavy atom. The number of hydrogen-bond acceptors (Lipinski definition) is 3. The first-order valence-electron chi connectivity index (χ1n) is 9.41. The van der Waals surface area contributed by atoms with E-state index in [4.69, 9.17) is 0 Å². The summed E-state index contributed by atoms with van der Waals surface area (Å²) in [5, 5.41) is 5.96. The van der Waals surface area contributed by atoms with E-state index in [-0.39, 0.29) is 6.03 Å². The third-order valence-corrected chi connectivity index (χ3v) is 4.85. The van der Waals surface area contributed by atoms with Crippen molar-refractivity contribution >= 4 is 17.4 Å². The molecule has 1 heterocycles. The summed E-state index contributed by atoms with van der Waals surface area (Å²) in [4.78, 5) is 17.1. The highest BCUT2D eigenvalue weighted by Gasteiger charge is 2.18. The van der Waals surface area contributed by atoms with Crippen LogP contribution in [0.5, 0.6) is 0 Å². The lowest BCUT2D eigenvalue weighted by Gasteiger charge is -2.36. The predicted molar refractivity (Wildman–Crippen MR) is 108 cm³/mol. The number of likely N-dealkylation sites (N-methyl/N-ethyl adjacent to an activating group) is 1. The van der Waals surface area contributed by atoms with E-state index >= 15 is 0 Å². The SMILES string of the molecule is CCN1CCN(c2ccccc2NC(=O)NCCc2ccccc2)CC1. The van der Waals surface area contributed by atoms with E-state index in [1.54, 1.807) is 0 Å². The number of para-hydroxylation sites is 2. The maximum Gasteiger partial charge on any atom is 0.319 e. The van der Waals surface area contributed by atoms with Gasteiger partial charge in [-0.3, -0.25) is 0 Å². The van der Waals surface area contributed by atoms with Gasteiger partial charge in [0, 0.05) is 32.7 Å². The standard InChI is InChI=1S/C21H28N4O/c1-2-24-14-16-25(17-15-24)20-11-7-6-10-19(20)23-21(26)22-13-12-18-8-4-3-5-9-18/h3-11H,2,12-17H2,1H3,(H2,22,23,26). The highest BCUT2D eigenvalue weighted by molar-refractivity contribution is 5.93. The fourth-order valence-electron chi connectivity index (χ4n) is 3.29. The van der Waals surface area contributed by atoms with Gasteiger partial charge in [-0.25, -0.2) is 4.79 Å². The van der Waals surface area contributed by atoms with Gasteiger partial charge in [0.25, 0.3) is 0 Å². The highest BCUT2D eigenvalue weighted by atomic mass is 16.2. The van der Waals surface area contributed by atoms with Gasteiger partial charge in [-0.15, -0.1) is 0 Å². The second kappa shape index (κ2) is 9.25. The summed E-state index contributed by atoms with van der Waals surface area (Å²) < 4.78 is 0. The molecule has 5 heteroatoms. The van der Waals surface area contributed by atoms with Crippen LogP contribution in [0, 0.1) is 0 Å². The van der Waals surface area contributed by atoms with E-state index in [9.17, 15) is 4.79 Å². The fraction of sp³-hybridized carbons (Fsp3) is 0.381. The first kappa shape index (κ1) is 18.3. The van der Waals surface area contributed by atoms with Crippen molar-refractivity contribution in [1.29, 1.82) is 0 Å². The van der Waals surface area contributed by atoms with Gasteiger partial charge >= 0.3 is 6.03 Å². The molecular weight excluding hydrogens is 324 g/mol. The second-order valence-corrected chi connectivity index (χ2v) is 6.55. The summed E-state index contributed by atoms with van der Waals surface area (Å²) in [7, 11) is 0. The van der Waals surface area contributed by atoms with Crippen molar-refractivity contribution in [2.75, 3.05) is 49.5 Å². The lowest BCUT2D eigenvalue weighted by atomic mass is 10.1. The predicted octanol–water partition coefficient (Wildman–Crippen LogP) is 3.19. The smallest absolute Gasteiger partial charge is 0.319 e. The highest BCUT2D eigenvalue weighted by Crippen LogP contribution is 2.26. The molecule has 2 aromatic carbocycles. The molecule has 0 aliphatic carbocycles. The monoisotopic (exact) mass is 352 g/mol. The summed E-state index contributed by atoms with van der Waals surface area (Å²) in [6, 6.07) is 18.1. The van der Waals surface area contributed by atoms with E-state index in [0.29, 0.717) is 6.54 Å². The number of urea groups is 1. The maximum atomic E-state index is 12.3. The number of hydrogen-bond donors (Lipinski definition) is 2. The average Bonchev–Trinajstić information content (AvgIpc) is 2.69. The van der Waals surface area contributed by atoms with Gasteiger partial charge in [-0.05, 0) is 30.7 Å². The molecule has 2 aromatic rings. The molecule has 2 amide bonds. The lowest BCUT2D eigenvalue weighted by molar-refractivity contribution is 0.252. The van der Waals surface area contributed by atoms with Crippen molar-refractivity contribution in [3.63, 3.8) is 0 Å². The van der Waals surface area contributed by atoms with Crippen molar-refractivity contribution < 1.29 is 4.79 Å². The van der Waals surface area contributed by atoms with Crippen LogP contribution in [0.4, 0.5) is 16.2 Å². The zero-order valence-electron chi connectivity index (χ0n) is 15.4. The maximum absolute atomic E-state index is 12.3. The Kier molecular flexibility index (Phi) is 6.50. The largest absolute Gasteiger partial charge is 0.367 e. The first-order valence-corrected chi connectivity index (χ1v) is 9.41. The van der Waals surface area contributed by atoms with Gasteiger partial charge < -0.3 is 20.4 Å². The molecular formula is C21H28N4O. The molecule has 1 fully saturated rings. The second-order valence-electron chi connectivity index (χ2n) is 6.55. The Hall–Kier alpha value is -2.53. The van der Waals surface area contributed by atoms with Crippen molar-refractivity contribution in [1.82, 2.24) is 10.2 Å². The third kappa shape index (κ3) is 4.99. The molecule has 2 N–H and O–H groups in total. The molecule has 0 unspecified atom stereocenters. The van der Waals surface area contributed by atoms with Crippen LogP contribution < -0.4 is 15.5 Å². The molecule has 0 aromatic heterocycles. The average molecular weight is 352 g/mol. The van der Waals surface area contributed by atoms with Crippen LogP contribution in [0.3, 0.4) is 0 Å². The van der Waals surface area contributed by atoms with Crippen LogP contribution in [-0.4, -0.2) is 50.2 Å². The molecule has 1 saturated heterocycles. The Morgan fingerprint density at radius 2 is 1.65 bits per heavy atom. The molecule has 138 valence electrons. The number of benzene rings is 2. The zero-order valence-corrected chi connectivity index (χ0v) is 15.4. The molecule has 0 atom stereocenters. The minimum atomic E-state index is -0.152. The summed E-state index contributed by atoms with van der Waals surface area (Å²) in [6.45, 7) is 8.02. The molecule has 3 rings (SSSR count). The molecule has 0 radical (unpaired) electrons. The minimum absolute atomic E-state index is 0.152. The molecule has 0 saturated carbocycles. The summed E-state index contributed by atoms with van der Waals surface area (Å²) in [5.74, 6) is 0. The molecule has 0 bridgehead atoms. The zero-order chi connectivity index (χ0) is 18.2. The molecule has 5 nitrogen and oxygen atoms in total. The Morgan fingerprint density at radius 3 is 2.38 bits per heavy atom. The van der Waals surface area contributed by atoms with Crippen LogP contribution in [-0.2, 0) is 6.42 Å². The van der Waals surface area contributed by atoms with Crippen molar-refractivity contribution in [2.24, 2.45) is 0 Å². The number of carbonyl (C=O) groups excluding carboxylic acids is 1. The first-order chi connectivity index (χ1) is 12.8. The lowest BCUT2D eigenvalue weighted by Crippen LogP contribution is -2.46. The topological polar surface area (TPSA) is 47.6 Å². The van der Waals surface area contributed by atoms with Gasteiger partial charge in [0.2, 0.25) is 0 Å². The Labute approximate surface area is 156 Å². The number of nitrogens with zero attached hydrogens (tertiary/aromatic N) is 2. The van der Waals surface area contributed by atoms with Crippen molar-refractivity contribution in [3.05, 3.63) is 60.2 Å². The van der Waals surface area contributed by atoms with Crippen molar-refractivity contribution in [3.8, 4) is 0 Å². The summed E-state index contributed by atoms with van der Waals surface area (Å²) in [6.07, 6.45) is 0.828. The fourth-order valence-corrected chi connectivity index (χ4v) is 3.29. The number of piperazine rings is 1. The van der Waals surface area contributed by atoms with Crippen LogP contribution in [0.1, 0.15) is 12.5 Å². The molecule has 0 spiro atoms. The van der Waals surface area contributed by atoms with Gasteiger partial charge in [0.15, 0.2) is 0 Å². The van der Waals surface area contributed by atoms with Crippen LogP contribution in [0.15, 0.2) is 54.6 Å². The molecule has 1 aliphatic heterocycles. The molecule has 26 heavy (non-hydrogen) atoms. The molecule has 1 aliphatic rings. The van der Waals surface area contributed by atoms with Crippen LogP contribution in [0.2, 0.25) is 0 Å². The van der Waals surface area contributed by atoms with E-state index in [2.05, 4.69) is 45.6 Å². The van der Waals surface area contributed by atoms with Crippen LogP contribution in [0.25, 0.3) is 0 Å². The summed E-state index contributed by atoms with van der Waals surface area (Å²) in [5.41, 5.74) is 3.19. The van der Waals surface area contributed by atoms with Gasteiger partial charge in [-0.2, -0.15) is 0 Å². The Bertz CT molecular complexity index is 696. The number of nitrogens with one attached hydrogen (secondary N) is 2. The summed E-state index contributed by atoms with van der Waals surface area (Å²) >= 11 is 0. The van der Waals surface area contributed by atoms with Gasteiger partial charge in [0.1, 0.15) is 0 Å². The third-order valence-electron chi connectivity index (χ3n) is 4.85. The van der Waals surface area contributed by atoms with E-state index in [0.717, 1.165) is 50.5 Å². The quantitative estimate of drug-likeness (QED) is 0.839. The number of anilines is 2. The normalized spacial score (nSPS) is 14.9. The number of rotatable bonds is 6. The van der Waals surface area contributed by atoms with E-state index in [1.807, 2.05) is 36.4 Å². The number of amides is 2. The number of carbonyl (C=O) groups is 1. The van der Waals surface area contributed by atoms with Crippen molar-refractivity contribution in [2.45, 2.75) is 13.3 Å². The van der Waals surface area contributed by atoms with Gasteiger partial charge in [-0.1, -0.05) is 49.4 Å².